The van der Waals surface area contributed by atoms with E-state index in [1.54, 1.807) is 0 Å². The zero-order valence-corrected chi connectivity index (χ0v) is 22.2. The molecule has 0 radical (unpaired) electrons. The number of H-pyrrole nitrogens is 1. The van der Waals surface area contributed by atoms with Crippen LogP contribution in [0.5, 0.6) is 0 Å². The predicted molar refractivity (Wildman–Crippen MR) is 143 cm³/mol. The van der Waals surface area contributed by atoms with E-state index in [2.05, 4.69) is 30.9 Å². The van der Waals surface area contributed by atoms with Crippen LogP contribution in [0.4, 0.5) is 0 Å². The molecule has 0 aliphatic carbocycles. The molecule has 0 aliphatic rings. The minimum atomic E-state index is -1.32. The summed E-state index contributed by atoms with van der Waals surface area (Å²) in [7, 11) is 0. The summed E-state index contributed by atoms with van der Waals surface area (Å²) < 4.78 is 0. The van der Waals surface area contributed by atoms with Gasteiger partial charge in [-0.2, -0.15) is 0 Å². The molecule has 1 heterocycles. The van der Waals surface area contributed by atoms with Crippen molar-refractivity contribution in [3.63, 3.8) is 0 Å². The summed E-state index contributed by atoms with van der Waals surface area (Å²) in [6, 6.07) is -4.85. The number of aromatic nitrogens is 2. The number of hydrogen-bond acceptors (Lipinski definition) is 9. The fourth-order valence-electron chi connectivity index (χ4n) is 3.61. The molecule has 0 aliphatic heterocycles. The average molecular weight is 569 g/mol. The molecule has 17 heteroatoms. The topological polar surface area (TPSA) is 307 Å². The number of aliphatic imine (C=N–C) groups is 1. The fourth-order valence-corrected chi connectivity index (χ4v) is 3.61. The lowest BCUT2D eigenvalue weighted by molar-refractivity contribution is -0.142. The summed E-state index contributed by atoms with van der Waals surface area (Å²) in [5.74, 6) is -4.94. The van der Waals surface area contributed by atoms with E-state index in [1.165, 1.54) is 12.5 Å². The van der Waals surface area contributed by atoms with E-state index in [-0.39, 0.29) is 44.6 Å². The SMILES string of the molecule is NCCCCC(NC(=O)C(CCC(=O)O)NC(=O)C(N)Cc1cnc[nH]1)C(=O)NC(CCCN=C(N)N)C(=O)O. The Morgan fingerprint density at radius 2 is 1.50 bits per heavy atom. The molecule has 40 heavy (non-hydrogen) atoms. The number of carboxylic acids is 2. The van der Waals surface area contributed by atoms with Gasteiger partial charge < -0.3 is 54.1 Å². The smallest absolute Gasteiger partial charge is 0.326 e. The Morgan fingerprint density at radius 3 is 2.05 bits per heavy atom. The first-order chi connectivity index (χ1) is 18.9. The van der Waals surface area contributed by atoms with Crippen molar-refractivity contribution in [3.05, 3.63) is 18.2 Å². The number of rotatable bonds is 20. The number of carbonyl (C=O) groups excluding carboxylic acids is 3. The normalized spacial score (nSPS) is 13.8. The molecular weight excluding hydrogens is 528 g/mol. The second-order valence-electron chi connectivity index (χ2n) is 9.07. The molecule has 0 saturated heterocycles. The molecule has 0 aromatic carbocycles. The largest absolute Gasteiger partial charge is 0.481 e. The lowest BCUT2D eigenvalue weighted by atomic mass is 10.0. The fraction of sp³-hybridized carbons (Fsp3) is 0.609. The van der Waals surface area contributed by atoms with E-state index < -0.39 is 60.2 Å². The maximum Gasteiger partial charge on any atom is 0.326 e. The summed E-state index contributed by atoms with van der Waals surface area (Å²) in [5, 5.41) is 26.0. The van der Waals surface area contributed by atoms with Gasteiger partial charge >= 0.3 is 11.9 Å². The Balaban J connectivity index is 2.96. The minimum Gasteiger partial charge on any atom is -0.481 e. The third kappa shape index (κ3) is 13.5. The number of carboxylic acid groups (broad SMARTS) is 2. The summed E-state index contributed by atoms with van der Waals surface area (Å²) in [4.78, 5) is 72.1. The Morgan fingerprint density at radius 1 is 0.900 bits per heavy atom. The van der Waals surface area contributed by atoms with Crippen LogP contribution < -0.4 is 38.9 Å². The summed E-state index contributed by atoms with van der Waals surface area (Å²) >= 11 is 0. The summed E-state index contributed by atoms with van der Waals surface area (Å²) in [5.41, 5.74) is 22.6. The number of guanidine groups is 1. The monoisotopic (exact) mass is 568 g/mol. The van der Waals surface area contributed by atoms with Gasteiger partial charge in [-0.05, 0) is 45.1 Å². The van der Waals surface area contributed by atoms with Crippen LogP contribution in [0.25, 0.3) is 0 Å². The van der Waals surface area contributed by atoms with Crippen LogP contribution in [-0.2, 0) is 30.4 Å². The van der Waals surface area contributed by atoms with Gasteiger partial charge in [-0.3, -0.25) is 24.2 Å². The van der Waals surface area contributed by atoms with Gasteiger partial charge in [0.15, 0.2) is 5.96 Å². The van der Waals surface area contributed by atoms with Crippen LogP contribution in [0, 0.1) is 0 Å². The Hall–Kier alpha value is -4.25. The van der Waals surface area contributed by atoms with Crippen LogP contribution in [-0.4, -0.2) is 93.1 Å². The molecule has 224 valence electrons. The van der Waals surface area contributed by atoms with Crippen LogP contribution >= 0.6 is 0 Å². The predicted octanol–water partition coefficient (Wildman–Crippen LogP) is -3.13. The Labute approximate surface area is 230 Å². The molecule has 0 saturated carbocycles. The van der Waals surface area contributed by atoms with Gasteiger partial charge in [-0.15, -0.1) is 0 Å². The molecule has 4 unspecified atom stereocenters. The van der Waals surface area contributed by atoms with Crippen molar-refractivity contribution < 1.29 is 34.2 Å². The Bertz CT molecular complexity index is 998. The van der Waals surface area contributed by atoms with E-state index in [4.69, 9.17) is 28.0 Å². The van der Waals surface area contributed by atoms with Gasteiger partial charge in [-0.25, -0.2) is 9.78 Å². The van der Waals surface area contributed by atoms with Crippen molar-refractivity contribution >= 4 is 35.6 Å². The van der Waals surface area contributed by atoms with Crippen molar-refractivity contribution in [2.24, 2.45) is 27.9 Å². The maximum absolute atomic E-state index is 13.1. The second kappa shape index (κ2) is 18.1. The van der Waals surface area contributed by atoms with Gasteiger partial charge in [0.05, 0.1) is 12.4 Å². The van der Waals surface area contributed by atoms with Gasteiger partial charge in [0.1, 0.15) is 18.1 Å². The lowest BCUT2D eigenvalue weighted by Crippen LogP contribution is -2.57. The molecule has 17 nitrogen and oxygen atoms in total. The number of unbranched alkanes of at least 4 members (excludes halogenated alkanes) is 1. The van der Waals surface area contributed by atoms with E-state index >= 15 is 0 Å². The Kier molecular flexibility index (Phi) is 15.3. The minimum absolute atomic E-state index is 0.0207. The number of nitrogens with two attached hydrogens (primary N) is 4. The van der Waals surface area contributed by atoms with Crippen LogP contribution in [0.3, 0.4) is 0 Å². The molecule has 3 amide bonds. The van der Waals surface area contributed by atoms with Crippen molar-refractivity contribution in [2.45, 2.75) is 75.5 Å². The van der Waals surface area contributed by atoms with Crippen LogP contribution in [0.1, 0.15) is 50.6 Å². The maximum atomic E-state index is 13.1. The molecule has 0 fully saturated rings. The molecule has 1 rings (SSSR count). The number of nitrogens with zero attached hydrogens (tertiary/aromatic N) is 2. The highest BCUT2D eigenvalue weighted by atomic mass is 16.4. The van der Waals surface area contributed by atoms with E-state index in [0.29, 0.717) is 25.1 Å². The number of carbonyl (C=O) groups is 5. The highest BCUT2D eigenvalue weighted by Crippen LogP contribution is 2.07. The summed E-state index contributed by atoms with van der Waals surface area (Å²) in [6.07, 6.45) is 3.62. The first-order valence-electron chi connectivity index (χ1n) is 12.8. The number of amides is 3. The highest BCUT2D eigenvalue weighted by Gasteiger charge is 2.30. The number of imidazole rings is 1. The van der Waals surface area contributed by atoms with Crippen molar-refractivity contribution in [2.75, 3.05) is 13.1 Å². The molecule has 0 bridgehead atoms. The molecule has 0 spiro atoms. The first-order valence-corrected chi connectivity index (χ1v) is 12.8. The van der Waals surface area contributed by atoms with Crippen molar-refractivity contribution in [1.29, 1.82) is 0 Å². The molecule has 1 aromatic rings. The van der Waals surface area contributed by atoms with E-state index in [1.807, 2.05) is 0 Å². The third-order valence-corrected chi connectivity index (χ3v) is 5.75. The van der Waals surface area contributed by atoms with Crippen molar-refractivity contribution in [1.82, 2.24) is 25.9 Å². The first kappa shape index (κ1) is 33.8. The van der Waals surface area contributed by atoms with Gasteiger partial charge in [0.2, 0.25) is 17.7 Å². The van der Waals surface area contributed by atoms with Crippen LogP contribution in [0.2, 0.25) is 0 Å². The van der Waals surface area contributed by atoms with Gasteiger partial charge in [0, 0.05) is 31.3 Å². The molecule has 14 N–H and O–H groups in total. The molecule has 1 aromatic heterocycles. The number of hydrogen-bond donors (Lipinski definition) is 10. The highest BCUT2D eigenvalue weighted by molar-refractivity contribution is 5.94. The average Bonchev–Trinajstić information content (AvgIpc) is 3.39. The standard InChI is InChI=1S/C23H40N10O7/c24-8-2-1-4-15(20(37)33-17(22(39)40)5-3-9-29-23(26)27)32-21(38)16(6-7-18(34)35)31-19(36)14(25)10-13-11-28-12-30-13/h11-12,14-17H,1-10,24-25H2,(H,28,30)(H,31,36)(H,32,38)(H,33,37)(H,34,35)(H,39,40)(H4,26,27,29). The van der Waals surface area contributed by atoms with E-state index in [0.717, 1.165) is 0 Å². The summed E-state index contributed by atoms with van der Waals surface area (Å²) in [6.45, 7) is 0.489. The zero-order chi connectivity index (χ0) is 30.1. The molecule has 4 atom stereocenters. The second-order valence-corrected chi connectivity index (χ2v) is 9.07. The van der Waals surface area contributed by atoms with Crippen molar-refractivity contribution in [3.8, 4) is 0 Å². The van der Waals surface area contributed by atoms with Crippen LogP contribution in [0.15, 0.2) is 17.5 Å². The lowest BCUT2D eigenvalue weighted by Gasteiger charge is -2.25. The van der Waals surface area contributed by atoms with E-state index in [9.17, 15) is 29.1 Å². The number of aliphatic carboxylic acids is 2. The zero-order valence-electron chi connectivity index (χ0n) is 22.2. The quantitative estimate of drug-likeness (QED) is 0.0424. The molecular formula is C23H40N10O7. The number of aromatic amines is 1. The van der Waals surface area contributed by atoms with Gasteiger partial charge in [-0.1, -0.05) is 0 Å². The van der Waals surface area contributed by atoms with Gasteiger partial charge in [0.25, 0.3) is 0 Å². The number of nitrogens with one attached hydrogen (secondary N) is 4. The third-order valence-electron chi connectivity index (χ3n) is 5.75.